The summed E-state index contributed by atoms with van der Waals surface area (Å²) in [4.78, 5) is 0. The summed E-state index contributed by atoms with van der Waals surface area (Å²) in [6, 6.07) is 23.9. The van der Waals surface area contributed by atoms with Crippen LogP contribution in [0.3, 0.4) is 0 Å². The first-order valence-electron chi connectivity index (χ1n) is 8.07. The van der Waals surface area contributed by atoms with E-state index in [0.29, 0.717) is 0 Å². The lowest BCUT2D eigenvalue weighted by Gasteiger charge is -2.11. The van der Waals surface area contributed by atoms with Gasteiger partial charge in [-0.2, -0.15) is 0 Å². The number of fused-ring (bicyclic) bond motifs is 8. The van der Waals surface area contributed by atoms with Crippen molar-refractivity contribution in [2.24, 2.45) is 0 Å². The fraction of sp³-hybridized carbons (Fsp3) is 0.143. The third-order valence-electron chi connectivity index (χ3n) is 5.08. The van der Waals surface area contributed by atoms with Crippen molar-refractivity contribution in [3.05, 3.63) is 72.9 Å². The number of para-hydroxylation sites is 1. The van der Waals surface area contributed by atoms with Crippen LogP contribution in [0.2, 0.25) is 0 Å². The molecule has 3 heterocycles. The summed E-state index contributed by atoms with van der Waals surface area (Å²) in [6.07, 6.45) is 2.19. The molecule has 0 fully saturated rings. The highest BCUT2D eigenvalue weighted by molar-refractivity contribution is 6.08. The quantitative estimate of drug-likeness (QED) is 0.345. The topological polar surface area (TPSA) is 7.76 Å². The minimum absolute atomic E-state index is 0.129. The molecular weight excluding hydrogens is 280 g/mol. The molecule has 0 amide bonds. The number of pyridine rings is 2. The van der Waals surface area contributed by atoms with Crippen LogP contribution in [-0.4, -0.2) is 0 Å². The molecule has 2 aromatic heterocycles. The maximum Gasteiger partial charge on any atom is 0.356 e. The van der Waals surface area contributed by atoms with Crippen molar-refractivity contribution >= 4 is 21.7 Å². The molecule has 4 aromatic rings. The van der Waals surface area contributed by atoms with E-state index in [4.69, 9.17) is 0 Å². The second-order valence-electron chi connectivity index (χ2n) is 6.70. The van der Waals surface area contributed by atoms with Crippen LogP contribution in [0.4, 0.5) is 0 Å². The van der Waals surface area contributed by atoms with Crippen LogP contribution in [0, 0.1) is 0 Å². The zero-order chi connectivity index (χ0) is 15.6. The highest BCUT2D eigenvalue weighted by Crippen LogP contribution is 2.34. The smallest absolute Gasteiger partial charge is 0.129 e. The van der Waals surface area contributed by atoms with E-state index in [-0.39, 0.29) is 5.66 Å². The standard InChI is InChI=1S/C21H18N2/c1-21(2)22-14-8-7-13-19(22)20-17-11-4-3-9-15(17)16-10-5-6-12-18(16)23(20)21/h3-14H,1-2H3/q+2. The number of rotatable bonds is 0. The van der Waals surface area contributed by atoms with Gasteiger partial charge in [-0.25, -0.2) is 0 Å². The maximum absolute atomic E-state index is 2.49. The zero-order valence-electron chi connectivity index (χ0n) is 13.3. The fourth-order valence-corrected chi connectivity index (χ4v) is 4.10. The van der Waals surface area contributed by atoms with Crippen LogP contribution < -0.4 is 9.13 Å². The van der Waals surface area contributed by atoms with Crippen molar-refractivity contribution in [1.29, 1.82) is 0 Å². The van der Waals surface area contributed by atoms with Crippen LogP contribution in [0.5, 0.6) is 0 Å². The second-order valence-corrected chi connectivity index (χ2v) is 6.70. The highest BCUT2D eigenvalue weighted by atomic mass is 15.3. The Balaban J connectivity index is 2.13. The minimum Gasteiger partial charge on any atom is -0.129 e. The molecule has 2 nitrogen and oxygen atoms in total. The monoisotopic (exact) mass is 298 g/mol. The van der Waals surface area contributed by atoms with Gasteiger partial charge in [0.1, 0.15) is 0 Å². The Bertz CT molecular complexity index is 1090. The summed E-state index contributed by atoms with van der Waals surface area (Å²) < 4.78 is 4.86. The van der Waals surface area contributed by atoms with E-state index >= 15 is 0 Å². The third-order valence-corrected chi connectivity index (χ3v) is 5.08. The molecule has 0 unspecified atom stereocenters. The van der Waals surface area contributed by atoms with E-state index < -0.39 is 0 Å². The van der Waals surface area contributed by atoms with Gasteiger partial charge in [-0.1, -0.05) is 30.3 Å². The average Bonchev–Trinajstić information content (AvgIpc) is 2.84. The SMILES string of the molecule is CC1(C)[n+]2ccccc2-c2c3ccccc3c3ccccc3[n+]21. The van der Waals surface area contributed by atoms with E-state index in [2.05, 4.69) is 95.9 Å². The van der Waals surface area contributed by atoms with E-state index in [1.807, 2.05) is 0 Å². The van der Waals surface area contributed by atoms with Crippen molar-refractivity contribution in [2.45, 2.75) is 19.5 Å². The summed E-state index contributed by atoms with van der Waals surface area (Å²) in [5.74, 6) is 0. The van der Waals surface area contributed by atoms with Gasteiger partial charge in [-0.05, 0) is 18.2 Å². The molecular formula is C21H18N2+2. The number of benzene rings is 2. The molecule has 0 saturated carbocycles. The predicted molar refractivity (Wildman–Crippen MR) is 92.0 cm³/mol. The van der Waals surface area contributed by atoms with Gasteiger partial charge in [0.05, 0.1) is 24.6 Å². The molecule has 5 rings (SSSR count). The van der Waals surface area contributed by atoms with Gasteiger partial charge in [0.15, 0.2) is 6.20 Å². The number of hydrogen-bond acceptors (Lipinski definition) is 0. The summed E-state index contributed by atoms with van der Waals surface area (Å²) in [5.41, 5.74) is 3.74. The van der Waals surface area contributed by atoms with Gasteiger partial charge >= 0.3 is 5.66 Å². The molecule has 1 aliphatic rings. The Morgan fingerprint density at radius 1 is 0.696 bits per heavy atom. The molecule has 23 heavy (non-hydrogen) atoms. The lowest BCUT2D eigenvalue weighted by atomic mass is 10.0. The van der Waals surface area contributed by atoms with E-state index in [9.17, 15) is 0 Å². The number of hydrogen-bond donors (Lipinski definition) is 0. The fourth-order valence-electron chi connectivity index (χ4n) is 4.10. The molecule has 2 aromatic carbocycles. The highest BCUT2D eigenvalue weighted by Gasteiger charge is 2.53. The summed E-state index contributed by atoms with van der Waals surface area (Å²) in [7, 11) is 0. The van der Waals surface area contributed by atoms with Crippen molar-refractivity contribution in [3.63, 3.8) is 0 Å². The Morgan fingerprint density at radius 3 is 2.17 bits per heavy atom. The Labute approximate surface area is 135 Å². The van der Waals surface area contributed by atoms with Gasteiger partial charge in [0.2, 0.25) is 5.52 Å². The minimum atomic E-state index is -0.129. The molecule has 0 bridgehead atoms. The van der Waals surface area contributed by atoms with Gasteiger partial charge < -0.3 is 0 Å². The van der Waals surface area contributed by atoms with Gasteiger partial charge in [0.25, 0.3) is 11.4 Å². The van der Waals surface area contributed by atoms with Crippen LogP contribution in [0.1, 0.15) is 13.8 Å². The molecule has 0 spiro atoms. The summed E-state index contributed by atoms with van der Waals surface area (Å²) in [5, 5.41) is 3.95. The van der Waals surface area contributed by atoms with Gasteiger partial charge in [0, 0.05) is 23.6 Å². The normalized spacial score (nSPS) is 14.9. The Kier molecular flexibility index (Phi) is 2.31. The number of nitrogens with zero attached hydrogens (tertiary/aromatic N) is 2. The van der Waals surface area contributed by atoms with Gasteiger partial charge in [-0.3, -0.25) is 0 Å². The van der Waals surface area contributed by atoms with Crippen molar-refractivity contribution < 1.29 is 9.13 Å². The van der Waals surface area contributed by atoms with Crippen LogP contribution in [0.25, 0.3) is 33.1 Å². The molecule has 1 aliphatic heterocycles. The van der Waals surface area contributed by atoms with E-state index in [1.54, 1.807) is 0 Å². The Morgan fingerprint density at radius 2 is 1.35 bits per heavy atom. The predicted octanol–water partition coefficient (Wildman–Crippen LogP) is 3.79. The van der Waals surface area contributed by atoms with Crippen LogP contribution >= 0.6 is 0 Å². The second kappa shape index (κ2) is 4.17. The summed E-state index contributed by atoms with van der Waals surface area (Å²) >= 11 is 0. The van der Waals surface area contributed by atoms with Crippen LogP contribution in [-0.2, 0) is 5.66 Å². The summed E-state index contributed by atoms with van der Waals surface area (Å²) in [6.45, 7) is 4.57. The number of aromatic nitrogens is 2. The van der Waals surface area contributed by atoms with Gasteiger partial charge in [-0.15, -0.1) is 9.13 Å². The first kappa shape index (κ1) is 12.8. The Hall–Kier alpha value is -2.74. The first-order valence-corrected chi connectivity index (χ1v) is 8.07. The lowest BCUT2D eigenvalue weighted by molar-refractivity contribution is -0.944. The van der Waals surface area contributed by atoms with Crippen molar-refractivity contribution in [2.75, 3.05) is 0 Å². The van der Waals surface area contributed by atoms with Crippen molar-refractivity contribution in [1.82, 2.24) is 0 Å². The molecule has 0 atom stereocenters. The molecule has 0 saturated heterocycles. The molecule has 110 valence electrons. The lowest BCUT2D eigenvalue weighted by Crippen LogP contribution is -2.66. The first-order chi connectivity index (χ1) is 11.2. The maximum atomic E-state index is 2.49. The van der Waals surface area contributed by atoms with E-state index in [0.717, 1.165) is 0 Å². The molecule has 0 N–H and O–H groups in total. The van der Waals surface area contributed by atoms with Crippen LogP contribution in [0.15, 0.2) is 72.9 Å². The molecule has 0 radical (unpaired) electrons. The molecule has 0 aliphatic carbocycles. The largest absolute Gasteiger partial charge is 0.356 e. The van der Waals surface area contributed by atoms with Crippen molar-refractivity contribution in [3.8, 4) is 11.4 Å². The molecule has 2 heteroatoms. The zero-order valence-corrected chi connectivity index (χ0v) is 13.3. The average molecular weight is 298 g/mol. The van der Waals surface area contributed by atoms with E-state index in [1.165, 1.54) is 33.1 Å². The third kappa shape index (κ3) is 1.48.